The third-order valence-corrected chi connectivity index (χ3v) is 5.08. The van der Waals surface area contributed by atoms with Gasteiger partial charge in [0.1, 0.15) is 12.4 Å². The van der Waals surface area contributed by atoms with E-state index in [4.69, 9.17) is 18.9 Å². The second-order valence-corrected chi connectivity index (χ2v) is 7.32. The van der Waals surface area contributed by atoms with Gasteiger partial charge in [0.2, 0.25) is 5.78 Å². The van der Waals surface area contributed by atoms with Crippen LogP contribution < -0.4 is 4.74 Å². The molecular formula is C23H27NO7. The van der Waals surface area contributed by atoms with Crippen LogP contribution in [0.2, 0.25) is 0 Å². The molecular weight excluding hydrogens is 402 g/mol. The van der Waals surface area contributed by atoms with Crippen molar-refractivity contribution in [1.29, 1.82) is 0 Å². The molecule has 1 aliphatic heterocycles. The van der Waals surface area contributed by atoms with E-state index in [9.17, 15) is 14.4 Å². The van der Waals surface area contributed by atoms with Crippen molar-refractivity contribution in [3.05, 3.63) is 52.3 Å². The summed E-state index contributed by atoms with van der Waals surface area (Å²) in [6.07, 6.45) is 2.14. The molecule has 0 bridgehead atoms. The second-order valence-electron chi connectivity index (χ2n) is 7.32. The van der Waals surface area contributed by atoms with Crippen LogP contribution >= 0.6 is 0 Å². The highest BCUT2D eigenvalue weighted by atomic mass is 16.5. The number of ketones is 1. The zero-order chi connectivity index (χ0) is 22.4. The highest BCUT2D eigenvalue weighted by molar-refractivity contribution is 6.03. The maximum Gasteiger partial charge on any atom is 0.340 e. The minimum absolute atomic E-state index is 0.111. The Bertz CT molecular complexity index is 940. The lowest BCUT2D eigenvalue weighted by Crippen LogP contribution is -2.17. The molecule has 8 nitrogen and oxygen atoms in total. The van der Waals surface area contributed by atoms with Crippen LogP contribution in [0.5, 0.6) is 5.75 Å². The summed E-state index contributed by atoms with van der Waals surface area (Å²) >= 11 is 0. The van der Waals surface area contributed by atoms with E-state index in [1.165, 1.54) is 0 Å². The zero-order valence-electron chi connectivity index (χ0n) is 18.0. The third-order valence-electron chi connectivity index (χ3n) is 5.08. The van der Waals surface area contributed by atoms with Crippen molar-refractivity contribution in [2.45, 2.75) is 39.7 Å². The Hall–Kier alpha value is -3.13. The number of benzene rings is 1. The number of nitrogens with one attached hydrogen (secondary N) is 1. The minimum atomic E-state index is -0.620. The second kappa shape index (κ2) is 10.3. The standard InChI is InChI=1S/C23H27NO7/c1-4-28-23(27)20-14(2)21(24-15(20)3)19(25)13-31-22(26)16-7-9-17(10-8-16)30-12-18-6-5-11-29-18/h7-10,18,24H,4-6,11-13H2,1-3H3/t18-/m0/s1. The zero-order valence-corrected chi connectivity index (χ0v) is 18.0. The van der Waals surface area contributed by atoms with E-state index >= 15 is 0 Å². The molecule has 166 valence electrons. The van der Waals surface area contributed by atoms with E-state index in [0.717, 1.165) is 19.4 Å². The van der Waals surface area contributed by atoms with E-state index in [0.29, 0.717) is 34.7 Å². The molecule has 0 aliphatic carbocycles. The molecule has 0 saturated carbocycles. The van der Waals surface area contributed by atoms with Gasteiger partial charge in [-0.3, -0.25) is 4.79 Å². The van der Waals surface area contributed by atoms with Crippen LogP contribution in [0.1, 0.15) is 62.2 Å². The largest absolute Gasteiger partial charge is 0.491 e. The normalized spacial score (nSPS) is 15.5. The molecule has 31 heavy (non-hydrogen) atoms. The molecule has 1 N–H and O–H groups in total. The molecule has 0 amide bonds. The van der Waals surface area contributed by atoms with E-state index in [1.807, 2.05) is 0 Å². The van der Waals surface area contributed by atoms with Crippen LogP contribution in [0.15, 0.2) is 24.3 Å². The molecule has 1 atom stereocenters. The molecule has 1 saturated heterocycles. The predicted molar refractivity (Wildman–Crippen MR) is 112 cm³/mol. The van der Waals surface area contributed by atoms with Crippen molar-refractivity contribution in [3.63, 3.8) is 0 Å². The lowest BCUT2D eigenvalue weighted by Gasteiger charge is -2.11. The number of rotatable bonds is 9. The molecule has 0 unspecified atom stereocenters. The molecule has 2 heterocycles. The number of esters is 2. The number of aryl methyl sites for hydroxylation is 1. The summed E-state index contributed by atoms with van der Waals surface area (Å²) < 4.78 is 21.4. The summed E-state index contributed by atoms with van der Waals surface area (Å²) in [6.45, 7) is 6.08. The van der Waals surface area contributed by atoms with E-state index in [1.54, 1.807) is 45.0 Å². The van der Waals surface area contributed by atoms with Crippen LogP contribution in [-0.2, 0) is 14.2 Å². The Morgan fingerprint density at radius 3 is 2.48 bits per heavy atom. The number of carbonyl (C=O) groups excluding carboxylic acids is 3. The highest BCUT2D eigenvalue weighted by Crippen LogP contribution is 2.20. The topological polar surface area (TPSA) is 104 Å². The highest BCUT2D eigenvalue weighted by Gasteiger charge is 2.23. The number of aromatic amines is 1. The lowest BCUT2D eigenvalue weighted by molar-refractivity contribution is 0.0472. The van der Waals surface area contributed by atoms with Crippen LogP contribution in [0.4, 0.5) is 0 Å². The molecule has 3 rings (SSSR count). The first-order chi connectivity index (χ1) is 14.9. The fourth-order valence-corrected chi connectivity index (χ4v) is 3.48. The van der Waals surface area contributed by atoms with Crippen molar-refractivity contribution in [3.8, 4) is 5.75 Å². The van der Waals surface area contributed by atoms with Crippen LogP contribution in [0.3, 0.4) is 0 Å². The van der Waals surface area contributed by atoms with Gasteiger partial charge in [0.15, 0.2) is 6.61 Å². The average Bonchev–Trinajstić information content (AvgIpc) is 3.38. The monoisotopic (exact) mass is 429 g/mol. The van der Waals surface area contributed by atoms with Gasteiger partial charge >= 0.3 is 11.9 Å². The van der Waals surface area contributed by atoms with Gasteiger partial charge in [0.25, 0.3) is 0 Å². The van der Waals surface area contributed by atoms with Crippen LogP contribution in [-0.4, -0.2) is 55.2 Å². The fourth-order valence-electron chi connectivity index (χ4n) is 3.48. The molecule has 0 radical (unpaired) electrons. The molecule has 8 heteroatoms. The van der Waals surface area contributed by atoms with E-state index < -0.39 is 24.3 Å². The molecule has 1 fully saturated rings. The van der Waals surface area contributed by atoms with Crippen molar-refractivity contribution >= 4 is 17.7 Å². The first-order valence-electron chi connectivity index (χ1n) is 10.3. The summed E-state index contributed by atoms with van der Waals surface area (Å²) in [5, 5.41) is 0. The van der Waals surface area contributed by atoms with Crippen LogP contribution in [0.25, 0.3) is 0 Å². The van der Waals surface area contributed by atoms with Crippen LogP contribution in [0, 0.1) is 13.8 Å². The minimum Gasteiger partial charge on any atom is -0.491 e. The number of carbonyl (C=O) groups is 3. The summed E-state index contributed by atoms with van der Waals surface area (Å²) in [5.74, 6) is -0.912. The van der Waals surface area contributed by atoms with Crippen molar-refractivity contribution < 1.29 is 33.3 Å². The van der Waals surface area contributed by atoms with Crippen molar-refractivity contribution in [2.24, 2.45) is 0 Å². The molecule has 1 aromatic carbocycles. The van der Waals surface area contributed by atoms with Gasteiger partial charge in [-0.1, -0.05) is 0 Å². The first kappa shape index (κ1) is 22.6. The van der Waals surface area contributed by atoms with Crippen molar-refractivity contribution in [1.82, 2.24) is 4.98 Å². The van der Waals surface area contributed by atoms with Gasteiger partial charge in [0.05, 0.1) is 29.5 Å². The third kappa shape index (κ3) is 5.52. The SMILES string of the molecule is CCOC(=O)c1c(C)[nH]c(C(=O)COC(=O)c2ccc(OC[C@@H]3CCCO3)cc2)c1C. The Labute approximate surface area is 180 Å². The maximum absolute atomic E-state index is 12.5. The molecule has 1 aromatic heterocycles. The number of ether oxygens (including phenoxy) is 4. The summed E-state index contributed by atoms with van der Waals surface area (Å²) in [4.78, 5) is 39.8. The Balaban J connectivity index is 1.55. The number of aromatic nitrogens is 1. The molecule has 2 aromatic rings. The number of H-pyrrole nitrogens is 1. The number of Topliss-reactive ketones (excluding diaryl/α,β-unsaturated/α-hetero) is 1. The summed E-state index contributed by atoms with van der Waals surface area (Å²) in [7, 11) is 0. The predicted octanol–water partition coefficient (Wildman–Crippen LogP) is 3.41. The first-order valence-corrected chi connectivity index (χ1v) is 10.3. The van der Waals surface area contributed by atoms with Gasteiger partial charge in [-0.25, -0.2) is 9.59 Å². The summed E-state index contributed by atoms with van der Waals surface area (Å²) in [5.41, 5.74) is 1.87. The maximum atomic E-state index is 12.5. The number of hydrogen-bond donors (Lipinski definition) is 1. The van der Waals surface area contributed by atoms with Gasteiger partial charge < -0.3 is 23.9 Å². The summed E-state index contributed by atoms with van der Waals surface area (Å²) in [6, 6.07) is 6.52. The average molecular weight is 429 g/mol. The van der Waals surface area contributed by atoms with Gasteiger partial charge in [0, 0.05) is 12.3 Å². The number of hydrogen-bond acceptors (Lipinski definition) is 7. The smallest absolute Gasteiger partial charge is 0.340 e. The molecule has 0 spiro atoms. The van der Waals surface area contributed by atoms with Gasteiger partial charge in [-0.2, -0.15) is 0 Å². The quantitative estimate of drug-likeness (QED) is 0.481. The Morgan fingerprint density at radius 2 is 1.84 bits per heavy atom. The van der Waals surface area contributed by atoms with Gasteiger partial charge in [-0.05, 0) is 63.4 Å². The lowest BCUT2D eigenvalue weighted by atomic mass is 10.1. The fraction of sp³-hybridized carbons (Fsp3) is 0.435. The Kier molecular flexibility index (Phi) is 7.46. The Morgan fingerprint density at radius 1 is 1.10 bits per heavy atom. The van der Waals surface area contributed by atoms with E-state index in [-0.39, 0.29) is 18.4 Å². The van der Waals surface area contributed by atoms with Crippen molar-refractivity contribution in [2.75, 3.05) is 26.4 Å². The molecule has 1 aliphatic rings. The van der Waals surface area contributed by atoms with E-state index in [2.05, 4.69) is 4.98 Å². The van der Waals surface area contributed by atoms with Gasteiger partial charge in [-0.15, -0.1) is 0 Å².